The second kappa shape index (κ2) is 38.8. The Labute approximate surface area is 682 Å². The lowest BCUT2D eigenvalue weighted by molar-refractivity contribution is -0.134. The van der Waals surface area contributed by atoms with Crippen LogP contribution in [0.25, 0.3) is 44.3 Å². The monoisotopic (exact) mass is 1620 g/mol. The second-order valence-electron chi connectivity index (χ2n) is 29.7. The number of anilines is 1. The maximum atomic E-state index is 14.8. The topological polar surface area (TPSA) is 320 Å². The van der Waals surface area contributed by atoms with Crippen molar-refractivity contribution in [1.29, 1.82) is 0 Å². The van der Waals surface area contributed by atoms with Crippen LogP contribution in [0.5, 0.6) is 5.75 Å². The van der Waals surface area contributed by atoms with Gasteiger partial charge in [0.05, 0.1) is 51.2 Å². The van der Waals surface area contributed by atoms with E-state index in [0.717, 1.165) is 69.7 Å². The molecule has 0 saturated carbocycles. The van der Waals surface area contributed by atoms with Crippen LogP contribution in [0.2, 0.25) is 0 Å². The van der Waals surface area contributed by atoms with Gasteiger partial charge >= 0.3 is 0 Å². The number of rotatable bonds is 36. The molecular formula is C90H101N12O13S2+. The number of hydrogen-bond donors (Lipinski definition) is 5. The van der Waals surface area contributed by atoms with Gasteiger partial charge in [-0.05, 0) is 136 Å². The predicted octanol–water partition coefficient (Wildman–Crippen LogP) is 11.0. The molecule has 1 saturated heterocycles. The third-order valence-electron chi connectivity index (χ3n) is 21.4. The van der Waals surface area contributed by atoms with Crippen molar-refractivity contribution in [2.45, 2.75) is 132 Å². The number of sulfonamides is 1. The first-order valence-corrected chi connectivity index (χ1v) is 42.9. The predicted molar refractivity (Wildman–Crippen MR) is 449 cm³/mol. The Bertz CT molecular complexity index is 5640. The summed E-state index contributed by atoms with van der Waals surface area (Å²) in [6, 6.07) is 53.2. The van der Waals surface area contributed by atoms with E-state index in [4.69, 9.17) is 4.42 Å². The lowest BCUT2D eigenvalue weighted by atomic mass is 9.90. The number of ketones is 1. The number of unbranched alkanes of at least 4 members (excludes halogenated alkanes) is 2. The summed E-state index contributed by atoms with van der Waals surface area (Å²) in [6.45, 7) is 16.3. The molecule has 1 aliphatic carbocycles. The molecule has 1 fully saturated rings. The van der Waals surface area contributed by atoms with Gasteiger partial charge in [-0.2, -0.15) is 4.31 Å². The van der Waals surface area contributed by atoms with Gasteiger partial charge in [0.25, 0.3) is 5.91 Å². The number of sulfone groups is 1. The molecule has 9 aromatic rings. The smallest absolute Gasteiger partial charge is 0.254 e. The number of aromatic nitrogens is 4. The lowest BCUT2D eigenvalue weighted by Gasteiger charge is -2.35. The summed E-state index contributed by atoms with van der Waals surface area (Å²) in [5, 5.41) is 42.5. The van der Waals surface area contributed by atoms with Crippen LogP contribution in [-0.4, -0.2) is 181 Å². The minimum Gasteiger partial charge on any atom is -0.508 e. The standard InChI is InChI=1S/C90H100N12O13S2/c1-7-97(8-2)68-38-42-75-80(54-68)115-81-55-69(98(9-3)10-4)39-43-76(81)86(75)73-28-16-17-29-74(73)90(110)100-50-48-99(49-51-100)85(107)45-44-83(105)91-46-18-12-15-31-84(106)94-77(52-62-32-36-66(37-33-62)88(108)65-22-13-11-14-23-65)89(109)93-57-67-59-102(96-95-67)78(53-63-34-40-70(103)41-35-63)79(104)60-101(58-61(5)6)117(113,114)72-27-20-26-71(56-72)116(111,112)82-30-19-24-64-25-21-47-92-87(64)82/h11,13-14,16-17,19-30,32-43,47,54-56,59,61,77-79,104H,7-10,12,15,18,31,44-46,48-53,57-58,60H2,1-6H3,(H3-,91,93,94,103,105,106,109)/p+1/t77-,78-,79?/m0/s1. The molecule has 0 radical (unpaired) electrons. The number of aliphatic hydroxyl groups is 1. The van der Waals surface area contributed by atoms with Crippen LogP contribution in [0.4, 0.5) is 5.69 Å². The Kier molecular flexibility index (Phi) is 28.0. The number of amides is 5. The van der Waals surface area contributed by atoms with Gasteiger partial charge in [0.15, 0.2) is 5.78 Å². The van der Waals surface area contributed by atoms with Gasteiger partial charge in [0.2, 0.25) is 48.8 Å². The number of nitrogens with one attached hydrogen (secondary N) is 3. The summed E-state index contributed by atoms with van der Waals surface area (Å²) in [5.74, 6) is -1.34. The zero-order valence-electron chi connectivity index (χ0n) is 66.8. The third kappa shape index (κ3) is 20.5. The normalized spacial score (nSPS) is 13.4. The number of fused-ring (bicyclic) bond motifs is 3. The van der Waals surface area contributed by atoms with Gasteiger partial charge in [-0.3, -0.25) is 33.8 Å². The second-order valence-corrected chi connectivity index (χ2v) is 33.6. The zero-order chi connectivity index (χ0) is 82.9. The minimum absolute atomic E-state index is 0.00510. The van der Waals surface area contributed by atoms with Crippen LogP contribution in [0.15, 0.2) is 226 Å². The molecule has 5 amide bonds. The number of hydrogen-bond acceptors (Lipinski definition) is 17. The molecule has 2 aromatic heterocycles. The van der Waals surface area contributed by atoms with Gasteiger partial charge in [-0.1, -0.05) is 135 Å². The number of nitrogens with zero attached hydrogens (tertiary/aromatic N) is 9. The molecule has 25 nitrogen and oxygen atoms in total. The van der Waals surface area contributed by atoms with Crippen LogP contribution in [0.1, 0.15) is 129 Å². The highest BCUT2D eigenvalue weighted by Gasteiger charge is 2.35. The lowest BCUT2D eigenvalue weighted by Crippen LogP contribution is -2.50. The van der Waals surface area contributed by atoms with Crippen molar-refractivity contribution in [3.05, 3.63) is 245 Å². The highest BCUT2D eigenvalue weighted by molar-refractivity contribution is 7.92. The van der Waals surface area contributed by atoms with Crippen LogP contribution >= 0.6 is 0 Å². The van der Waals surface area contributed by atoms with Crippen molar-refractivity contribution in [3.8, 4) is 28.2 Å². The Hall–Kier alpha value is -11.8. The first-order valence-electron chi connectivity index (χ1n) is 40.0. The molecule has 7 aromatic carbocycles. The van der Waals surface area contributed by atoms with Crippen molar-refractivity contribution in [2.24, 2.45) is 5.92 Å². The zero-order valence-corrected chi connectivity index (χ0v) is 68.4. The van der Waals surface area contributed by atoms with Gasteiger partial charge in [-0.25, -0.2) is 26.1 Å². The molecule has 5 N–H and O–H groups in total. The Morgan fingerprint density at radius 1 is 0.632 bits per heavy atom. The maximum Gasteiger partial charge on any atom is 0.254 e. The van der Waals surface area contributed by atoms with E-state index in [0.29, 0.717) is 96.5 Å². The van der Waals surface area contributed by atoms with E-state index in [1.807, 2.05) is 44.2 Å². The number of aliphatic hydroxyl groups excluding tert-OH is 1. The van der Waals surface area contributed by atoms with Crippen LogP contribution in [0, 0.1) is 5.92 Å². The fraction of sp³-hybridized carbons (Fsp3) is 0.333. The number of aromatic hydroxyl groups is 1. The first-order chi connectivity index (χ1) is 56.4. The SMILES string of the molecule is CCN(CC)c1ccc2c(-c3ccccc3C(=O)N3CCN(C(=O)CCC(=O)NCCCCCC(=O)N[C@@H](Cc4ccc(C(=O)c5ccccc5)cc4)C(=O)NCc4cn([C@@H](Cc5ccc(O)cc5)C(O)CN(CC(C)C)S(=O)(=O)c5cccc(S(=O)(=O)c6cccc7cccnc67)c5)nn4)CC3)c3ccc(=[N+](CC)CC)cc-3oc2c1. The Morgan fingerprint density at radius 2 is 1.32 bits per heavy atom. The number of carbonyl (C=O) groups excluding carboxylic acids is 6. The molecule has 3 aliphatic rings. The number of piperazine rings is 1. The van der Waals surface area contributed by atoms with E-state index >= 15 is 0 Å². The Morgan fingerprint density at radius 3 is 2.05 bits per heavy atom. The summed E-state index contributed by atoms with van der Waals surface area (Å²) in [5.41, 5.74) is 7.58. The van der Waals surface area contributed by atoms with Gasteiger partial charge in [0, 0.05) is 147 Å². The average Bonchev–Trinajstić information content (AvgIpc) is 0.881. The number of para-hydroxylation sites is 1. The molecular weight excluding hydrogens is 1520 g/mol. The molecule has 4 heterocycles. The summed E-state index contributed by atoms with van der Waals surface area (Å²) < 4.78 is 69.6. The number of pyridine rings is 1. The number of phenolic OH excluding ortho intramolecular Hbond substituents is 1. The molecule has 27 heteroatoms. The van der Waals surface area contributed by atoms with E-state index in [9.17, 15) is 55.8 Å². The fourth-order valence-corrected chi connectivity index (χ4v) is 18.2. The van der Waals surface area contributed by atoms with Crippen molar-refractivity contribution in [2.75, 3.05) is 76.9 Å². The first kappa shape index (κ1) is 84.6. The molecule has 0 bridgehead atoms. The summed E-state index contributed by atoms with van der Waals surface area (Å²) >= 11 is 0. The largest absolute Gasteiger partial charge is 0.508 e. The van der Waals surface area contributed by atoms with Gasteiger partial charge < -0.3 is 45.3 Å². The minimum atomic E-state index is -4.52. The molecule has 12 rings (SSSR count). The van der Waals surface area contributed by atoms with Gasteiger partial charge in [0.1, 0.15) is 41.9 Å². The quantitative estimate of drug-likeness (QED) is 0.0105. The molecule has 3 atom stereocenters. The van der Waals surface area contributed by atoms with E-state index in [2.05, 4.69) is 105 Å². The van der Waals surface area contributed by atoms with Crippen molar-refractivity contribution >= 4 is 82.7 Å². The van der Waals surface area contributed by atoms with E-state index in [-0.39, 0.29) is 106 Å². The molecule has 117 heavy (non-hydrogen) atoms. The summed E-state index contributed by atoms with van der Waals surface area (Å²) in [6.07, 6.45) is 3.10. The fourth-order valence-electron chi connectivity index (χ4n) is 15.0. The molecule has 1 unspecified atom stereocenters. The molecule has 0 spiro atoms. The van der Waals surface area contributed by atoms with E-state index in [1.54, 1.807) is 94.7 Å². The number of carbonyl (C=O) groups is 6. The maximum absolute atomic E-state index is 14.8. The summed E-state index contributed by atoms with van der Waals surface area (Å²) in [4.78, 5) is 92.5. The summed E-state index contributed by atoms with van der Waals surface area (Å²) in [7, 11) is -8.81. The third-order valence-corrected chi connectivity index (χ3v) is 25.0. The highest BCUT2D eigenvalue weighted by Crippen LogP contribution is 2.43. The highest BCUT2D eigenvalue weighted by atomic mass is 32.2. The van der Waals surface area contributed by atoms with Crippen LogP contribution < -0.4 is 30.8 Å². The van der Waals surface area contributed by atoms with Gasteiger partial charge in [-0.15, -0.1) is 5.10 Å². The average molecular weight is 1620 g/mol. The van der Waals surface area contributed by atoms with Crippen LogP contribution in [0.3, 0.4) is 0 Å². The van der Waals surface area contributed by atoms with Crippen molar-refractivity contribution < 1.29 is 60.2 Å². The van der Waals surface area contributed by atoms with Crippen LogP contribution in [-0.2, 0) is 58.4 Å². The van der Waals surface area contributed by atoms with Crippen molar-refractivity contribution in [3.63, 3.8) is 0 Å². The molecule has 610 valence electrons. The number of phenols is 1. The van der Waals surface area contributed by atoms with Crippen molar-refractivity contribution in [1.82, 2.24) is 54.6 Å². The Balaban J connectivity index is 0.647. The van der Waals surface area contributed by atoms with E-state index < -0.39 is 56.4 Å². The van der Waals surface area contributed by atoms with E-state index in [1.165, 1.54) is 53.5 Å². The number of benzene rings is 8. The molecule has 2 aliphatic heterocycles.